The van der Waals surface area contributed by atoms with E-state index in [9.17, 15) is 0 Å². The van der Waals surface area contributed by atoms with Gasteiger partial charge in [0.15, 0.2) is 17.5 Å². The number of hydrogen-bond donors (Lipinski definition) is 0. The second-order valence-electron chi connectivity index (χ2n) is 16.1. The normalized spacial score (nSPS) is 11.7. The van der Waals surface area contributed by atoms with E-state index in [1.807, 2.05) is 30.3 Å². The summed E-state index contributed by atoms with van der Waals surface area (Å²) in [7, 11) is 11.1. The monoisotopic (exact) mass is 761 g/mol. The van der Waals surface area contributed by atoms with Crippen molar-refractivity contribution in [3.63, 3.8) is 0 Å². The minimum absolute atomic E-state index is 0.595. The average molecular weight is 761 g/mol. The second kappa shape index (κ2) is 14.0. The van der Waals surface area contributed by atoms with Crippen LogP contribution in [0.3, 0.4) is 0 Å². The van der Waals surface area contributed by atoms with E-state index in [0.29, 0.717) is 17.5 Å². The lowest BCUT2D eigenvalue weighted by molar-refractivity contribution is 0.669. The van der Waals surface area contributed by atoms with Gasteiger partial charge >= 0.3 is 0 Å². The molecule has 2 heterocycles. The van der Waals surface area contributed by atoms with Crippen LogP contribution < -0.4 is 27.3 Å². The third-order valence-corrected chi connectivity index (χ3v) is 12.9. The van der Waals surface area contributed by atoms with Crippen LogP contribution in [0.25, 0.3) is 111 Å². The average Bonchev–Trinajstić information content (AvgIpc) is 3.68. The number of benzene rings is 9. The summed E-state index contributed by atoms with van der Waals surface area (Å²) >= 11 is 0. The summed E-state index contributed by atoms with van der Waals surface area (Å²) in [6.07, 6.45) is 0. The van der Waals surface area contributed by atoms with Gasteiger partial charge in [-0.1, -0.05) is 132 Å². The third-order valence-electron chi connectivity index (χ3n) is 12.9. The molecule has 0 N–H and O–H groups in total. The van der Waals surface area contributed by atoms with Crippen molar-refractivity contribution >= 4 is 121 Å². The fourth-order valence-electron chi connectivity index (χ4n) is 9.28. The first-order chi connectivity index (χ1) is 29.3. The Balaban J connectivity index is 1.02. The fourth-order valence-corrected chi connectivity index (χ4v) is 9.28. The molecule has 2 aromatic heterocycles. The predicted molar refractivity (Wildman–Crippen MR) is 268 cm³/mol. The number of furan rings is 1. The van der Waals surface area contributed by atoms with Crippen LogP contribution in [0.5, 0.6) is 0 Å². The van der Waals surface area contributed by atoms with Crippen LogP contribution in [0.15, 0.2) is 162 Å². The molecule has 9 heteroatoms. The van der Waals surface area contributed by atoms with Crippen LogP contribution in [0.2, 0.25) is 0 Å². The summed E-state index contributed by atoms with van der Waals surface area (Å²) in [4.78, 5) is 15.3. The standard InChI is InChI=1S/C51H36B5N3O/c52-44-43(45(53)47(55)48(56)46(44)54)30-11-8-12-31(23-30)50-57-49(27-9-2-1-3-10-27)58-51(59-50)32-18-21-38-40-25-29(19-22-41(40)60-42(38)26-32)28-17-20-37-35-15-5-4-13-33(35)34-14-6-7-16-36(34)39(37)24-28/h1-26H,52-56H2. The lowest BCUT2D eigenvalue weighted by Crippen LogP contribution is -2.55. The summed E-state index contributed by atoms with van der Waals surface area (Å²) in [5.74, 6) is 1.85. The van der Waals surface area contributed by atoms with E-state index in [0.717, 1.165) is 49.8 Å². The van der Waals surface area contributed by atoms with Gasteiger partial charge in [0, 0.05) is 27.5 Å². The predicted octanol–water partition coefficient (Wildman–Crippen LogP) is 4.86. The van der Waals surface area contributed by atoms with Gasteiger partial charge in [-0.25, -0.2) is 15.0 Å². The van der Waals surface area contributed by atoms with E-state index in [1.165, 1.54) is 70.8 Å². The molecule has 0 spiro atoms. The minimum atomic E-state index is 0.595. The maximum absolute atomic E-state index is 6.55. The van der Waals surface area contributed by atoms with Gasteiger partial charge in [-0.2, -0.15) is 0 Å². The molecule has 0 saturated carbocycles. The maximum atomic E-state index is 6.55. The molecule has 0 fully saturated rings. The van der Waals surface area contributed by atoms with Gasteiger partial charge in [-0.05, 0) is 91.0 Å². The largest absolute Gasteiger partial charge is 0.456 e. The molecule has 11 rings (SSSR count). The van der Waals surface area contributed by atoms with Crippen molar-refractivity contribution in [1.29, 1.82) is 0 Å². The van der Waals surface area contributed by atoms with Gasteiger partial charge in [-0.15, -0.1) is 16.4 Å². The van der Waals surface area contributed by atoms with E-state index < -0.39 is 0 Å². The van der Waals surface area contributed by atoms with Crippen LogP contribution in [-0.2, 0) is 0 Å². The smallest absolute Gasteiger partial charge is 0.164 e. The molecule has 9 aromatic carbocycles. The van der Waals surface area contributed by atoms with Crippen LogP contribution in [0.1, 0.15) is 0 Å². The van der Waals surface area contributed by atoms with Crippen molar-refractivity contribution in [3.8, 4) is 56.4 Å². The number of aromatic nitrogens is 3. The Bertz CT molecular complexity index is 3500. The van der Waals surface area contributed by atoms with Crippen molar-refractivity contribution < 1.29 is 4.42 Å². The first-order valence-corrected chi connectivity index (χ1v) is 20.6. The maximum Gasteiger partial charge on any atom is 0.164 e. The zero-order valence-electron chi connectivity index (χ0n) is 34.3. The summed E-state index contributed by atoms with van der Waals surface area (Å²) in [5, 5.41) is 9.74. The van der Waals surface area contributed by atoms with Crippen molar-refractivity contribution in [2.75, 3.05) is 0 Å². The van der Waals surface area contributed by atoms with Crippen LogP contribution in [0.4, 0.5) is 0 Å². The lowest BCUT2D eigenvalue weighted by Gasteiger charge is -2.20. The Morgan fingerprint density at radius 2 is 0.733 bits per heavy atom. The second-order valence-corrected chi connectivity index (χ2v) is 16.1. The highest BCUT2D eigenvalue weighted by atomic mass is 16.3. The quantitative estimate of drug-likeness (QED) is 0.186. The molecule has 60 heavy (non-hydrogen) atoms. The molecule has 0 unspecified atom stereocenters. The van der Waals surface area contributed by atoms with E-state index in [2.05, 4.69) is 167 Å². The zero-order chi connectivity index (χ0) is 40.6. The first kappa shape index (κ1) is 36.0. The third kappa shape index (κ3) is 5.79. The van der Waals surface area contributed by atoms with Gasteiger partial charge < -0.3 is 4.42 Å². The SMILES string of the molecule is Bc1c(B)c(B)c(-c2cccc(-c3nc(-c4ccccc4)nc(-c4ccc5c(c4)oc4ccc(-c6ccc7c8ccccc8c8ccccc8c7c6)cc45)n3)c2)c(B)c1B. The Hall–Kier alpha value is -7.11. The van der Waals surface area contributed by atoms with Gasteiger partial charge in [-0.3, -0.25) is 0 Å². The summed E-state index contributed by atoms with van der Waals surface area (Å²) in [6.45, 7) is 0. The molecule has 276 valence electrons. The van der Waals surface area contributed by atoms with E-state index in [1.54, 1.807) is 0 Å². The number of rotatable bonds is 5. The lowest BCUT2D eigenvalue weighted by atomic mass is 9.59. The Labute approximate surface area is 352 Å². The number of fused-ring (bicyclic) bond motifs is 9. The molecular weight excluding hydrogens is 725 g/mol. The minimum Gasteiger partial charge on any atom is -0.456 e. The van der Waals surface area contributed by atoms with Gasteiger partial charge in [0.1, 0.15) is 50.4 Å². The molecule has 0 amide bonds. The Morgan fingerprint density at radius 1 is 0.283 bits per heavy atom. The highest BCUT2D eigenvalue weighted by molar-refractivity contribution is 6.68. The van der Waals surface area contributed by atoms with Gasteiger partial charge in [0.25, 0.3) is 0 Å². The molecule has 0 aliphatic heterocycles. The van der Waals surface area contributed by atoms with Crippen molar-refractivity contribution in [2.45, 2.75) is 0 Å². The van der Waals surface area contributed by atoms with Crippen LogP contribution in [-0.4, -0.2) is 54.2 Å². The first-order valence-electron chi connectivity index (χ1n) is 20.6. The highest BCUT2D eigenvalue weighted by Gasteiger charge is 2.18. The zero-order valence-corrected chi connectivity index (χ0v) is 34.3. The van der Waals surface area contributed by atoms with Crippen molar-refractivity contribution in [2.24, 2.45) is 0 Å². The molecule has 0 aliphatic rings. The molecule has 0 bridgehead atoms. The molecule has 0 atom stereocenters. The summed E-state index contributed by atoms with van der Waals surface area (Å²) in [5.41, 5.74) is 15.7. The Morgan fingerprint density at radius 3 is 1.38 bits per heavy atom. The summed E-state index contributed by atoms with van der Waals surface area (Å²) < 4.78 is 6.55. The summed E-state index contributed by atoms with van der Waals surface area (Å²) in [6, 6.07) is 55.9. The Kier molecular flexibility index (Phi) is 8.42. The molecule has 0 saturated heterocycles. The van der Waals surface area contributed by atoms with Crippen molar-refractivity contribution in [3.05, 3.63) is 158 Å². The molecule has 0 radical (unpaired) electrons. The van der Waals surface area contributed by atoms with E-state index in [-0.39, 0.29) is 0 Å². The van der Waals surface area contributed by atoms with Crippen LogP contribution >= 0.6 is 0 Å². The molecular formula is C51H36B5N3O. The number of hydrogen-bond acceptors (Lipinski definition) is 4. The molecule has 11 aromatic rings. The number of nitrogens with zero attached hydrogens (tertiary/aromatic N) is 3. The van der Waals surface area contributed by atoms with Gasteiger partial charge in [0.05, 0.1) is 0 Å². The highest BCUT2D eigenvalue weighted by Crippen LogP contribution is 2.39. The molecule has 0 aliphatic carbocycles. The molecule has 4 nitrogen and oxygen atoms in total. The van der Waals surface area contributed by atoms with E-state index >= 15 is 0 Å². The van der Waals surface area contributed by atoms with Gasteiger partial charge in [0.2, 0.25) is 0 Å². The van der Waals surface area contributed by atoms with Crippen LogP contribution in [0, 0.1) is 0 Å². The van der Waals surface area contributed by atoms with E-state index in [4.69, 9.17) is 19.4 Å². The van der Waals surface area contributed by atoms with Crippen molar-refractivity contribution in [1.82, 2.24) is 15.0 Å². The topological polar surface area (TPSA) is 51.8 Å². The fraction of sp³-hybridized carbons (Fsp3) is 0.